The molecule has 2 saturated heterocycles. The van der Waals surface area contributed by atoms with Crippen LogP contribution in [0.25, 0.3) is 10.9 Å². The van der Waals surface area contributed by atoms with E-state index in [-0.39, 0.29) is 5.39 Å². The van der Waals surface area contributed by atoms with Crippen molar-refractivity contribution in [1.29, 1.82) is 0 Å². The van der Waals surface area contributed by atoms with Crippen LogP contribution in [0.5, 0.6) is 11.5 Å². The van der Waals surface area contributed by atoms with Crippen molar-refractivity contribution in [2.75, 3.05) is 44.8 Å². The van der Waals surface area contributed by atoms with Gasteiger partial charge in [-0.3, -0.25) is 10.1 Å². The monoisotopic (exact) mass is 682 g/mol. The molecule has 2 aromatic carbocycles. The zero-order chi connectivity index (χ0) is 33.7. The number of carbonyl (C=O) groups excluding carboxylic acids is 1. The van der Waals surface area contributed by atoms with E-state index in [9.17, 15) is 14.0 Å². The predicted octanol–water partition coefficient (Wildman–Crippen LogP) is 6.77. The molecule has 0 spiro atoms. The molecule has 0 radical (unpaired) electrons. The topological polar surface area (TPSA) is 115 Å². The van der Waals surface area contributed by atoms with Gasteiger partial charge in [0.2, 0.25) is 0 Å². The highest BCUT2D eigenvalue weighted by atomic mass is 32.2. The van der Waals surface area contributed by atoms with E-state index in [1.807, 2.05) is 45.0 Å². The number of nitrogens with one attached hydrogen (secondary N) is 2. The van der Waals surface area contributed by atoms with Gasteiger partial charge < -0.3 is 28.8 Å². The summed E-state index contributed by atoms with van der Waals surface area (Å²) in [6, 6.07) is 10.9. The molecule has 1 aliphatic carbocycles. The molecular weight excluding hydrogens is 635 g/mol. The summed E-state index contributed by atoms with van der Waals surface area (Å²) in [5.74, 6) is 2.64. The zero-order valence-electron chi connectivity index (χ0n) is 28.1. The molecule has 1 saturated carbocycles. The molecule has 1 aromatic heterocycles. The van der Waals surface area contributed by atoms with Gasteiger partial charge >= 0.3 is 6.09 Å². The third-order valence-corrected chi connectivity index (χ3v) is 10.6. The lowest BCUT2D eigenvalue weighted by Gasteiger charge is -2.45. The zero-order valence-corrected chi connectivity index (χ0v) is 28.9. The van der Waals surface area contributed by atoms with Crippen molar-refractivity contribution in [3.8, 4) is 11.5 Å². The average Bonchev–Trinajstić information content (AvgIpc) is 3.02. The molecule has 3 aliphatic rings. The van der Waals surface area contributed by atoms with Crippen LogP contribution in [0, 0.1) is 17.7 Å². The number of piperidine rings is 1. The normalized spacial score (nSPS) is 21.1. The standard InChI is InChI=1S/C36H47FN4O6S/c1-36(2,3)47-35(43)38-25-4-6-27(7-5-25)45-21-24-16-26(17-24)41-12-8-23(9-13-41)20-46-28-18-30(37)33-31(19-28)39-32(40-34(33)42)22-48-29-10-14-44-15-11-29/h4-7,18-19,23-24,26,29H,8-17,20-22H2,1-3H3,(H,38,43)(H,39,40,42). The molecule has 6 rings (SSSR count). The second-order valence-electron chi connectivity index (χ2n) is 14.2. The number of anilines is 1. The number of rotatable bonds is 11. The Bertz CT molecular complexity index is 1590. The van der Waals surface area contributed by atoms with Crippen molar-refractivity contribution in [2.24, 2.45) is 11.8 Å². The van der Waals surface area contributed by atoms with Crippen molar-refractivity contribution in [3.63, 3.8) is 0 Å². The first-order valence-electron chi connectivity index (χ1n) is 17.1. The number of hydrogen-bond donors (Lipinski definition) is 2. The maximum absolute atomic E-state index is 15.0. The van der Waals surface area contributed by atoms with Crippen LogP contribution in [0.15, 0.2) is 41.2 Å². The summed E-state index contributed by atoms with van der Waals surface area (Å²) < 4.78 is 37.8. The van der Waals surface area contributed by atoms with Gasteiger partial charge in [0.05, 0.1) is 24.5 Å². The smallest absolute Gasteiger partial charge is 0.412 e. The Morgan fingerprint density at radius 3 is 2.42 bits per heavy atom. The van der Waals surface area contributed by atoms with Crippen LogP contribution in [0.2, 0.25) is 0 Å². The number of nitrogens with zero attached hydrogens (tertiary/aromatic N) is 2. The molecule has 2 aliphatic heterocycles. The Balaban J connectivity index is 0.904. The molecule has 1 amide bonds. The van der Waals surface area contributed by atoms with E-state index in [1.54, 1.807) is 17.8 Å². The van der Waals surface area contributed by atoms with Crippen LogP contribution in [0.1, 0.15) is 65.1 Å². The van der Waals surface area contributed by atoms with E-state index in [4.69, 9.17) is 18.9 Å². The quantitative estimate of drug-likeness (QED) is 0.226. The molecule has 0 unspecified atom stereocenters. The van der Waals surface area contributed by atoms with Crippen LogP contribution in [-0.4, -0.2) is 77.4 Å². The lowest BCUT2D eigenvalue weighted by Crippen LogP contribution is -2.49. The Labute approximate surface area is 285 Å². The third-order valence-electron chi connectivity index (χ3n) is 9.25. The average molecular weight is 683 g/mol. The van der Waals surface area contributed by atoms with Crippen molar-refractivity contribution < 1.29 is 28.1 Å². The fourth-order valence-corrected chi connectivity index (χ4v) is 7.60. The summed E-state index contributed by atoms with van der Waals surface area (Å²) in [5, 5.41) is 3.19. The third kappa shape index (κ3) is 9.41. The van der Waals surface area contributed by atoms with Crippen LogP contribution < -0.4 is 20.3 Å². The van der Waals surface area contributed by atoms with Crippen molar-refractivity contribution in [1.82, 2.24) is 14.9 Å². The lowest BCUT2D eigenvalue weighted by molar-refractivity contribution is 0.0239. The highest BCUT2D eigenvalue weighted by Gasteiger charge is 2.35. The number of benzene rings is 2. The second-order valence-corrected chi connectivity index (χ2v) is 15.5. The van der Waals surface area contributed by atoms with Gasteiger partial charge in [0.15, 0.2) is 0 Å². The van der Waals surface area contributed by atoms with Gasteiger partial charge in [-0.05, 0) is 108 Å². The van der Waals surface area contributed by atoms with Gasteiger partial charge in [0, 0.05) is 42.3 Å². The Morgan fingerprint density at radius 2 is 1.71 bits per heavy atom. The molecule has 0 bridgehead atoms. The Morgan fingerprint density at radius 1 is 1.02 bits per heavy atom. The Hall–Kier alpha value is -3.35. The van der Waals surface area contributed by atoms with E-state index >= 15 is 0 Å². The van der Waals surface area contributed by atoms with Crippen molar-refractivity contribution in [2.45, 2.75) is 81.9 Å². The molecule has 0 atom stereocenters. The molecule has 3 heterocycles. The number of H-pyrrole nitrogens is 1. The largest absolute Gasteiger partial charge is 0.493 e. The summed E-state index contributed by atoms with van der Waals surface area (Å²) >= 11 is 1.76. The minimum atomic E-state index is -0.606. The fraction of sp³-hybridized carbons (Fsp3) is 0.583. The molecule has 48 heavy (non-hydrogen) atoms. The SMILES string of the molecule is CC(C)(C)OC(=O)Nc1ccc(OCC2CC(N3CCC(COc4cc(F)c5c(=O)[nH]c(CSC6CCOCC6)nc5c4)CC3)C2)cc1. The number of fused-ring (bicyclic) bond motifs is 1. The minimum absolute atomic E-state index is 0.0230. The van der Waals surface area contributed by atoms with E-state index in [0.717, 1.165) is 70.6 Å². The maximum Gasteiger partial charge on any atom is 0.412 e. The summed E-state index contributed by atoms with van der Waals surface area (Å²) in [6.07, 6.45) is 5.80. The summed E-state index contributed by atoms with van der Waals surface area (Å²) in [7, 11) is 0. The summed E-state index contributed by atoms with van der Waals surface area (Å²) in [5.41, 5.74) is 0.00204. The summed E-state index contributed by atoms with van der Waals surface area (Å²) in [6.45, 7) is 10.3. The molecule has 3 aromatic rings. The maximum atomic E-state index is 15.0. The van der Waals surface area contributed by atoms with Crippen LogP contribution in [0.4, 0.5) is 14.9 Å². The number of thioether (sulfide) groups is 1. The number of likely N-dealkylation sites (tertiary alicyclic amines) is 1. The molecule has 2 N–H and O–H groups in total. The van der Waals surface area contributed by atoms with Crippen LogP contribution >= 0.6 is 11.8 Å². The minimum Gasteiger partial charge on any atom is -0.493 e. The molecule has 3 fully saturated rings. The predicted molar refractivity (Wildman–Crippen MR) is 186 cm³/mol. The van der Waals surface area contributed by atoms with Crippen molar-refractivity contribution in [3.05, 3.63) is 58.4 Å². The van der Waals surface area contributed by atoms with Gasteiger partial charge in [-0.2, -0.15) is 11.8 Å². The number of carbonyl (C=O) groups is 1. The van der Waals surface area contributed by atoms with Crippen LogP contribution in [-0.2, 0) is 15.2 Å². The first kappa shape index (κ1) is 34.5. The number of aromatic amines is 1. The van der Waals surface area contributed by atoms with Crippen LogP contribution in [0.3, 0.4) is 0 Å². The summed E-state index contributed by atoms with van der Waals surface area (Å²) in [4.78, 5) is 34.5. The molecule has 260 valence electrons. The number of aromatic nitrogens is 2. The molecule has 10 nitrogen and oxygen atoms in total. The number of halogens is 1. The van der Waals surface area contributed by atoms with E-state index in [0.29, 0.717) is 64.9 Å². The van der Waals surface area contributed by atoms with Gasteiger partial charge in [0.25, 0.3) is 5.56 Å². The number of amides is 1. The van der Waals surface area contributed by atoms with E-state index < -0.39 is 23.1 Å². The number of ether oxygens (including phenoxy) is 4. The van der Waals surface area contributed by atoms with Gasteiger partial charge in [-0.25, -0.2) is 14.2 Å². The lowest BCUT2D eigenvalue weighted by atomic mass is 9.78. The van der Waals surface area contributed by atoms with Gasteiger partial charge in [-0.15, -0.1) is 0 Å². The second kappa shape index (κ2) is 15.5. The first-order valence-corrected chi connectivity index (χ1v) is 18.1. The fourth-order valence-electron chi connectivity index (χ4n) is 6.54. The van der Waals surface area contributed by atoms with Crippen molar-refractivity contribution >= 4 is 34.4 Å². The highest BCUT2D eigenvalue weighted by molar-refractivity contribution is 7.99. The van der Waals surface area contributed by atoms with Gasteiger partial charge in [-0.1, -0.05) is 0 Å². The van der Waals surface area contributed by atoms with E-state index in [2.05, 4.69) is 20.2 Å². The number of hydrogen-bond acceptors (Lipinski definition) is 9. The Kier molecular flexibility index (Phi) is 11.1. The van der Waals surface area contributed by atoms with E-state index in [1.165, 1.54) is 6.07 Å². The molecular formula is C36H47FN4O6S. The highest BCUT2D eigenvalue weighted by Crippen LogP contribution is 2.35. The van der Waals surface area contributed by atoms with Gasteiger partial charge in [0.1, 0.15) is 34.1 Å². The first-order chi connectivity index (χ1) is 23.1. The molecule has 12 heteroatoms.